The number of esters is 1. The first-order chi connectivity index (χ1) is 10.2. The molecule has 2 rings (SSSR count). The lowest BCUT2D eigenvalue weighted by atomic mass is 10.2. The van der Waals surface area contributed by atoms with E-state index in [2.05, 4.69) is 6.92 Å². The molecule has 0 spiro atoms. The highest BCUT2D eigenvalue weighted by Gasteiger charge is 2.19. The lowest BCUT2D eigenvalue weighted by Crippen LogP contribution is -2.30. The summed E-state index contributed by atoms with van der Waals surface area (Å²) in [5.74, 6) is 0.374. The molecule has 0 N–H and O–H groups in total. The highest BCUT2D eigenvalue weighted by Crippen LogP contribution is 2.12. The van der Waals surface area contributed by atoms with Crippen LogP contribution in [0.15, 0.2) is 24.3 Å². The molecule has 21 heavy (non-hydrogen) atoms. The highest BCUT2D eigenvalue weighted by molar-refractivity contribution is 5.78. The van der Waals surface area contributed by atoms with E-state index >= 15 is 0 Å². The van der Waals surface area contributed by atoms with Gasteiger partial charge in [0.2, 0.25) is 5.91 Å². The third kappa shape index (κ3) is 4.77. The van der Waals surface area contributed by atoms with Crippen LogP contribution in [0.1, 0.15) is 25.3 Å². The molecule has 0 bridgehead atoms. The molecule has 1 aromatic carbocycles. The summed E-state index contributed by atoms with van der Waals surface area (Å²) >= 11 is 0. The smallest absolute Gasteiger partial charge is 0.344 e. The number of amides is 1. The Morgan fingerprint density at radius 2 is 2.05 bits per heavy atom. The first kappa shape index (κ1) is 15.4. The maximum atomic E-state index is 11.5. The second-order valence-electron chi connectivity index (χ2n) is 4.99. The van der Waals surface area contributed by atoms with Gasteiger partial charge >= 0.3 is 5.97 Å². The third-order valence-electron chi connectivity index (χ3n) is 3.48. The highest BCUT2D eigenvalue weighted by atomic mass is 16.6. The molecule has 0 atom stereocenters. The molecule has 1 amide bonds. The molecule has 1 aliphatic rings. The molecule has 0 unspecified atom stereocenters. The first-order valence-electron chi connectivity index (χ1n) is 7.34. The Kier molecular flexibility index (Phi) is 5.60. The summed E-state index contributed by atoms with van der Waals surface area (Å²) in [5, 5.41) is 0. The van der Waals surface area contributed by atoms with Crippen LogP contribution in [0, 0.1) is 0 Å². The number of carbonyl (C=O) groups is 2. The van der Waals surface area contributed by atoms with Gasteiger partial charge < -0.3 is 14.4 Å². The van der Waals surface area contributed by atoms with Crippen LogP contribution in [0.3, 0.4) is 0 Å². The molecule has 114 valence electrons. The van der Waals surface area contributed by atoms with Gasteiger partial charge in [-0.2, -0.15) is 0 Å². The van der Waals surface area contributed by atoms with Crippen LogP contribution in [0.2, 0.25) is 0 Å². The third-order valence-corrected chi connectivity index (χ3v) is 3.48. The molecule has 1 fully saturated rings. The van der Waals surface area contributed by atoms with E-state index in [-0.39, 0.29) is 19.1 Å². The zero-order chi connectivity index (χ0) is 15.1. The number of nitrogens with zero attached hydrogens (tertiary/aromatic N) is 1. The summed E-state index contributed by atoms with van der Waals surface area (Å²) in [7, 11) is 0. The predicted molar refractivity (Wildman–Crippen MR) is 78.1 cm³/mol. The summed E-state index contributed by atoms with van der Waals surface area (Å²) in [5.41, 5.74) is 1.22. The van der Waals surface area contributed by atoms with Gasteiger partial charge in [0.1, 0.15) is 12.4 Å². The van der Waals surface area contributed by atoms with E-state index in [0.717, 1.165) is 19.4 Å². The summed E-state index contributed by atoms with van der Waals surface area (Å²) in [6.45, 7) is 3.42. The average molecular weight is 291 g/mol. The summed E-state index contributed by atoms with van der Waals surface area (Å²) in [6, 6.07) is 7.63. The van der Waals surface area contributed by atoms with Crippen molar-refractivity contribution in [2.75, 3.05) is 26.3 Å². The minimum absolute atomic E-state index is 0.112. The fourth-order valence-electron chi connectivity index (χ4n) is 2.22. The van der Waals surface area contributed by atoms with Gasteiger partial charge in [-0.25, -0.2) is 4.79 Å². The summed E-state index contributed by atoms with van der Waals surface area (Å²) in [4.78, 5) is 24.6. The van der Waals surface area contributed by atoms with Crippen molar-refractivity contribution in [2.45, 2.75) is 26.2 Å². The van der Waals surface area contributed by atoms with E-state index in [0.29, 0.717) is 18.7 Å². The van der Waals surface area contributed by atoms with Crippen molar-refractivity contribution < 1.29 is 19.1 Å². The van der Waals surface area contributed by atoms with Crippen molar-refractivity contribution >= 4 is 11.9 Å². The van der Waals surface area contributed by atoms with Gasteiger partial charge in [-0.15, -0.1) is 0 Å². The van der Waals surface area contributed by atoms with Crippen molar-refractivity contribution in [3.8, 4) is 5.75 Å². The predicted octanol–water partition coefficient (Wildman–Crippen LogP) is 1.79. The average Bonchev–Trinajstić information content (AvgIpc) is 2.91. The number of benzene rings is 1. The van der Waals surface area contributed by atoms with Crippen molar-refractivity contribution in [2.24, 2.45) is 0 Å². The lowest BCUT2D eigenvalue weighted by molar-refractivity contribution is -0.147. The number of aryl methyl sites for hydroxylation is 1. The lowest BCUT2D eigenvalue weighted by Gasteiger charge is -2.15. The largest absolute Gasteiger partial charge is 0.482 e. The number of ether oxygens (including phenoxy) is 2. The van der Waals surface area contributed by atoms with Crippen molar-refractivity contribution in [3.05, 3.63) is 29.8 Å². The van der Waals surface area contributed by atoms with Gasteiger partial charge in [0.15, 0.2) is 6.61 Å². The van der Waals surface area contributed by atoms with E-state index in [1.807, 2.05) is 24.3 Å². The molecule has 1 saturated heterocycles. The van der Waals surface area contributed by atoms with Gasteiger partial charge in [0.25, 0.3) is 0 Å². The Bertz CT molecular complexity index is 484. The van der Waals surface area contributed by atoms with E-state index in [4.69, 9.17) is 9.47 Å². The molecule has 1 heterocycles. The zero-order valence-corrected chi connectivity index (χ0v) is 12.3. The molecular weight excluding hydrogens is 270 g/mol. The van der Waals surface area contributed by atoms with Crippen LogP contribution in [0.4, 0.5) is 0 Å². The van der Waals surface area contributed by atoms with Gasteiger partial charge in [0, 0.05) is 13.0 Å². The number of hydrogen-bond donors (Lipinski definition) is 0. The summed E-state index contributed by atoms with van der Waals surface area (Å²) < 4.78 is 10.4. The topological polar surface area (TPSA) is 55.8 Å². The quantitative estimate of drug-likeness (QED) is 0.719. The Morgan fingerprint density at radius 3 is 2.67 bits per heavy atom. The fourth-order valence-corrected chi connectivity index (χ4v) is 2.22. The molecule has 5 heteroatoms. The molecule has 0 radical (unpaired) electrons. The SMILES string of the molecule is CCc1ccc(OCC(=O)OCCN2CCCC2=O)cc1. The maximum absolute atomic E-state index is 11.5. The minimum Gasteiger partial charge on any atom is -0.482 e. The second kappa shape index (κ2) is 7.67. The van der Waals surface area contributed by atoms with Crippen LogP contribution >= 0.6 is 0 Å². The van der Waals surface area contributed by atoms with E-state index < -0.39 is 5.97 Å². The van der Waals surface area contributed by atoms with E-state index in [1.165, 1.54) is 5.56 Å². The van der Waals surface area contributed by atoms with Crippen LogP contribution in [0.5, 0.6) is 5.75 Å². The maximum Gasteiger partial charge on any atom is 0.344 e. The van der Waals surface area contributed by atoms with Crippen LogP contribution in [0.25, 0.3) is 0 Å². The Morgan fingerprint density at radius 1 is 1.29 bits per heavy atom. The van der Waals surface area contributed by atoms with Crippen LogP contribution < -0.4 is 4.74 Å². The Balaban J connectivity index is 1.63. The molecule has 0 aromatic heterocycles. The first-order valence-corrected chi connectivity index (χ1v) is 7.34. The van der Waals surface area contributed by atoms with Gasteiger partial charge in [-0.1, -0.05) is 19.1 Å². The number of carbonyl (C=O) groups excluding carboxylic acids is 2. The normalized spacial score (nSPS) is 14.3. The minimum atomic E-state index is -0.416. The second-order valence-corrected chi connectivity index (χ2v) is 4.99. The number of rotatable bonds is 7. The van der Waals surface area contributed by atoms with E-state index in [1.54, 1.807) is 4.90 Å². The Hall–Kier alpha value is -2.04. The van der Waals surface area contributed by atoms with Gasteiger partial charge in [-0.05, 0) is 30.5 Å². The number of likely N-dealkylation sites (tertiary alicyclic amines) is 1. The molecule has 0 saturated carbocycles. The molecule has 1 aromatic rings. The van der Waals surface area contributed by atoms with Crippen LogP contribution in [-0.4, -0.2) is 43.1 Å². The monoisotopic (exact) mass is 291 g/mol. The van der Waals surface area contributed by atoms with Crippen molar-refractivity contribution in [1.82, 2.24) is 4.90 Å². The standard InChI is InChI=1S/C16H21NO4/c1-2-13-5-7-14(8-6-13)21-12-16(19)20-11-10-17-9-3-4-15(17)18/h5-8H,2-4,9-12H2,1H3. The Labute approximate surface area is 124 Å². The number of hydrogen-bond acceptors (Lipinski definition) is 4. The summed E-state index contributed by atoms with van der Waals surface area (Å²) in [6.07, 6.45) is 2.46. The fraction of sp³-hybridized carbons (Fsp3) is 0.500. The van der Waals surface area contributed by atoms with Gasteiger partial charge in [0.05, 0.1) is 6.54 Å². The van der Waals surface area contributed by atoms with Crippen molar-refractivity contribution in [1.29, 1.82) is 0 Å². The molecular formula is C16H21NO4. The molecule has 0 aliphatic carbocycles. The van der Waals surface area contributed by atoms with E-state index in [9.17, 15) is 9.59 Å². The molecule has 5 nitrogen and oxygen atoms in total. The zero-order valence-electron chi connectivity index (χ0n) is 12.3. The van der Waals surface area contributed by atoms with Gasteiger partial charge in [-0.3, -0.25) is 4.79 Å². The molecule has 1 aliphatic heterocycles. The van der Waals surface area contributed by atoms with Crippen LogP contribution in [-0.2, 0) is 20.7 Å². The van der Waals surface area contributed by atoms with Crippen molar-refractivity contribution in [3.63, 3.8) is 0 Å².